The zero-order valence-electron chi connectivity index (χ0n) is 11.0. The highest BCUT2D eigenvalue weighted by atomic mass is 79.9. The Bertz CT molecular complexity index is 636. The molecule has 20 heavy (non-hydrogen) atoms. The summed E-state index contributed by atoms with van der Waals surface area (Å²) in [4.78, 5) is 36.5. The van der Waals surface area contributed by atoms with Gasteiger partial charge < -0.3 is 9.64 Å². The van der Waals surface area contributed by atoms with Crippen LogP contribution in [0, 0.1) is 0 Å². The number of amides is 1. The number of benzene rings is 1. The predicted molar refractivity (Wildman–Crippen MR) is 78.0 cm³/mol. The molecule has 0 fully saturated rings. The summed E-state index contributed by atoms with van der Waals surface area (Å²) in [5, 5.41) is 0.194. The van der Waals surface area contributed by atoms with Crippen molar-refractivity contribution in [1.29, 1.82) is 0 Å². The summed E-state index contributed by atoms with van der Waals surface area (Å²) in [5.74, 6) is -0.856. The molecule has 0 aliphatic carbocycles. The third-order valence-electron chi connectivity index (χ3n) is 3.17. The zero-order chi connectivity index (χ0) is 14.9. The summed E-state index contributed by atoms with van der Waals surface area (Å²) in [6.07, 6.45) is 0.701. The fraction of sp³-hybridized carbons (Fsp3) is 0.214. The first-order valence-corrected chi connectivity index (χ1v) is 6.92. The number of hydrogen-bond donors (Lipinski definition) is 0. The number of ether oxygens (including phenoxy) is 1. The number of nitrogens with zero attached hydrogens (tertiary/aromatic N) is 1. The van der Waals surface area contributed by atoms with Gasteiger partial charge in [-0.3, -0.25) is 9.59 Å². The number of rotatable bonds is 3. The van der Waals surface area contributed by atoms with Crippen molar-refractivity contribution >= 4 is 45.4 Å². The van der Waals surface area contributed by atoms with E-state index >= 15 is 0 Å². The number of alkyl halides is 1. The Kier molecular flexibility index (Phi) is 4.04. The molecule has 1 amide bonds. The van der Waals surface area contributed by atoms with Crippen LogP contribution in [0.2, 0.25) is 0 Å². The number of likely N-dealkylation sites (N-methyl/N-ethyl adjacent to an activating group) is 1. The second-order valence-electron chi connectivity index (χ2n) is 4.24. The van der Waals surface area contributed by atoms with Gasteiger partial charge in [0.15, 0.2) is 0 Å². The van der Waals surface area contributed by atoms with Gasteiger partial charge in [0.25, 0.3) is 5.91 Å². The van der Waals surface area contributed by atoms with Crippen molar-refractivity contribution in [2.45, 2.75) is 0 Å². The largest absolute Gasteiger partial charge is 0.466 e. The van der Waals surface area contributed by atoms with Gasteiger partial charge >= 0.3 is 5.97 Å². The Morgan fingerprint density at radius 2 is 2.15 bits per heavy atom. The molecule has 0 N–H and O–H groups in total. The maximum absolute atomic E-state index is 12.3. The van der Waals surface area contributed by atoms with Crippen molar-refractivity contribution in [2.24, 2.45) is 0 Å². The van der Waals surface area contributed by atoms with Crippen LogP contribution in [0.5, 0.6) is 0 Å². The van der Waals surface area contributed by atoms with Gasteiger partial charge in [-0.15, -0.1) is 0 Å². The molecule has 6 heteroatoms. The number of carbonyl (C=O) groups is 3. The molecule has 0 atom stereocenters. The Morgan fingerprint density at radius 1 is 1.45 bits per heavy atom. The summed E-state index contributed by atoms with van der Waals surface area (Å²) in [6.45, 7) is 0. The summed E-state index contributed by atoms with van der Waals surface area (Å²) < 4.78 is 4.70. The van der Waals surface area contributed by atoms with E-state index < -0.39 is 5.97 Å². The fourth-order valence-electron chi connectivity index (χ4n) is 2.15. The molecule has 0 saturated heterocycles. The van der Waals surface area contributed by atoms with Crippen molar-refractivity contribution in [2.75, 3.05) is 24.4 Å². The van der Waals surface area contributed by atoms with E-state index in [1.165, 1.54) is 12.0 Å². The molecule has 2 rings (SSSR count). The van der Waals surface area contributed by atoms with Crippen molar-refractivity contribution in [1.82, 2.24) is 0 Å². The van der Waals surface area contributed by atoms with Crippen LogP contribution in [0.1, 0.15) is 15.9 Å². The monoisotopic (exact) mass is 337 g/mol. The topological polar surface area (TPSA) is 63.7 Å². The molecule has 0 spiro atoms. The zero-order valence-corrected chi connectivity index (χ0v) is 12.6. The number of halogens is 1. The van der Waals surface area contributed by atoms with Crippen LogP contribution in [0.4, 0.5) is 5.69 Å². The maximum atomic E-state index is 12.3. The minimum absolute atomic E-state index is 0.194. The molecule has 0 radical (unpaired) electrons. The van der Waals surface area contributed by atoms with E-state index in [4.69, 9.17) is 4.74 Å². The molecule has 1 aliphatic heterocycles. The van der Waals surface area contributed by atoms with Gasteiger partial charge in [0.1, 0.15) is 6.29 Å². The van der Waals surface area contributed by atoms with E-state index in [0.29, 0.717) is 23.1 Å². The summed E-state index contributed by atoms with van der Waals surface area (Å²) in [7, 11) is 2.88. The Labute approximate surface area is 124 Å². The minimum Gasteiger partial charge on any atom is -0.466 e. The third-order valence-corrected chi connectivity index (χ3v) is 3.73. The molecule has 5 nitrogen and oxygen atoms in total. The van der Waals surface area contributed by atoms with Crippen LogP contribution in [-0.4, -0.2) is 37.7 Å². The van der Waals surface area contributed by atoms with Gasteiger partial charge in [-0.2, -0.15) is 0 Å². The first-order chi connectivity index (χ1) is 9.54. The molecule has 104 valence electrons. The van der Waals surface area contributed by atoms with Crippen LogP contribution in [0.15, 0.2) is 23.8 Å². The van der Waals surface area contributed by atoms with E-state index in [0.717, 1.165) is 0 Å². The van der Waals surface area contributed by atoms with Crippen molar-refractivity contribution in [3.05, 3.63) is 34.9 Å². The normalized spacial score (nSPS) is 15.9. The van der Waals surface area contributed by atoms with E-state index in [2.05, 4.69) is 15.9 Å². The highest BCUT2D eigenvalue weighted by Gasteiger charge is 2.34. The quantitative estimate of drug-likeness (QED) is 0.365. The lowest BCUT2D eigenvalue weighted by Gasteiger charge is -2.09. The Hall–Kier alpha value is -1.95. The number of carbonyl (C=O) groups excluding carboxylic acids is 3. The van der Waals surface area contributed by atoms with Gasteiger partial charge in [-0.05, 0) is 18.2 Å². The maximum Gasteiger partial charge on any atom is 0.335 e. The molecule has 1 aliphatic rings. The van der Waals surface area contributed by atoms with Gasteiger partial charge in [0, 0.05) is 23.5 Å². The minimum atomic E-state index is -0.567. The van der Waals surface area contributed by atoms with Gasteiger partial charge in [0.05, 0.1) is 23.9 Å². The third kappa shape index (κ3) is 2.16. The van der Waals surface area contributed by atoms with Crippen molar-refractivity contribution in [3.63, 3.8) is 0 Å². The number of esters is 1. The molecule has 0 aromatic heterocycles. The smallest absolute Gasteiger partial charge is 0.335 e. The second kappa shape index (κ2) is 5.58. The predicted octanol–water partition coefficient (Wildman–Crippen LogP) is 1.80. The molecule has 1 aromatic carbocycles. The number of aldehydes is 1. The molecular weight excluding hydrogens is 326 g/mol. The van der Waals surface area contributed by atoms with Crippen LogP contribution < -0.4 is 4.90 Å². The van der Waals surface area contributed by atoms with E-state index in [1.54, 1.807) is 25.2 Å². The van der Waals surface area contributed by atoms with Crippen LogP contribution in [0.25, 0.3) is 5.57 Å². The van der Waals surface area contributed by atoms with Gasteiger partial charge in [0.2, 0.25) is 0 Å². The van der Waals surface area contributed by atoms with Gasteiger partial charge in [-0.1, -0.05) is 15.9 Å². The van der Waals surface area contributed by atoms with E-state index in [-0.39, 0.29) is 22.4 Å². The fourth-order valence-corrected chi connectivity index (χ4v) is 2.66. The molecule has 0 saturated carbocycles. The van der Waals surface area contributed by atoms with E-state index in [1.807, 2.05) is 0 Å². The number of methoxy groups -OCH3 is 1. The lowest BCUT2D eigenvalue weighted by Crippen LogP contribution is -2.22. The number of hydrogen-bond acceptors (Lipinski definition) is 4. The summed E-state index contributed by atoms with van der Waals surface area (Å²) >= 11 is 3.20. The second-order valence-corrected chi connectivity index (χ2v) is 4.80. The average molecular weight is 338 g/mol. The van der Waals surface area contributed by atoms with Crippen LogP contribution >= 0.6 is 15.9 Å². The number of anilines is 1. The molecular formula is C14H12BrNO4. The lowest BCUT2D eigenvalue weighted by molar-refractivity contribution is -0.136. The SMILES string of the molecule is COC(=O)C(CBr)=C1C(=O)N(C)c2ccc(C=O)cc21. The molecule has 0 unspecified atom stereocenters. The van der Waals surface area contributed by atoms with E-state index in [9.17, 15) is 14.4 Å². The highest BCUT2D eigenvalue weighted by Crippen LogP contribution is 2.38. The molecule has 1 aromatic rings. The average Bonchev–Trinajstić information content (AvgIpc) is 2.72. The standard InChI is InChI=1S/C14H12BrNO4/c1-16-11-4-3-8(7-17)5-9(11)12(13(16)18)10(6-15)14(19)20-2/h3-5,7H,6H2,1-2H3. The number of fused-ring (bicyclic) bond motifs is 1. The molecule has 0 bridgehead atoms. The molecule has 1 heterocycles. The Balaban J connectivity index is 2.73. The summed E-state index contributed by atoms with van der Waals surface area (Å²) in [5.41, 5.74) is 2.20. The Morgan fingerprint density at radius 3 is 2.70 bits per heavy atom. The summed E-state index contributed by atoms with van der Waals surface area (Å²) in [6, 6.07) is 4.92. The first kappa shape index (κ1) is 14.5. The van der Waals surface area contributed by atoms with Gasteiger partial charge in [-0.25, -0.2) is 4.79 Å². The highest BCUT2D eigenvalue weighted by molar-refractivity contribution is 9.09. The van der Waals surface area contributed by atoms with Crippen molar-refractivity contribution < 1.29 is 19.1 Å². The lowest BCUT2D eigenvalue weighted by atomic mass is 10.0. The van der Waals surface area contributed by atoms with Crippen LogP contribution in [-0.2, 0) is 14.3 Å². The first-order valence-electron chi connectivity index (χ1n) is 5.80. The van der Waals surface area contributed by atoms with Crippen molar-refractivity contribution in [3.8, 4) is 0 Å². The van der Waals surface area contributed by atoms with Crippen LogP contribution in [0.3, 0.4) is 0 Å².